The van der Waals surface area contributed by atoms with Gasteiger partial charge >= 0.3 is 0 Å². The molecule has 0 aliphatic rings. The number of hydrogen-bond donors (Lipinski definition) is 1. The maximum atomic E-state index is 6.29. The highest BCUT2D eigenvalue weighted by atomic mass is 14.7. The van der Waals surface area contributed by atoms with Gasteiger partial charge in [0.2, 0.25) is 0 Å². The Kier molecular flexibility index (Phi) is 3.78. The first kappa shape index (κ1) is 12.8. The fraction of sp³-hybridized carbons (Fsp3) is 0.312. The SMILES string of the molecule is Cc1ccc(CC(N)c2cccc(C)c2C)nc1. The van der Waals surface area contributed by atoms with E-state index in [4.69, 9.17) is 5.73 Å². The summed E-state index contributed by atoms with van der Waals surface area (Å²) in [4.78, 5) is 4.42. The predicted octanol–water partition coefficient (Wildman–Crippen LogP) is 3.25. The van der Waals surface area contributed by atoms with Crippen LogP contribution < -0.4 is 5.73 Å². The molecule has 1 heterocycles. The number of rotatable bonds is 3. The second-order valence-electron chi connectivity index (χ2n) is 4.93. The quantitative estimate of drug-likeness (QED) is 0.894. The molecule has 1 unspecified atom stereocenters. The lowest BCUT2D eigenvalue weighted by Crippen LogP contribution is -2.15. The molecule has 0 spiro atoms. The molecule has 0 radical (unpaired) electrons. The van der Waals surface area contributed by atoms with Crippen molar-refractivity contribution >= 4 is 0 Å². The molecule has 1 atom stereocenters. The number of aryl methyl sites for hydroxylation is 2. The van der Waals surface area contributed by atoms with Crippen molar-refractivity contribution in [1.82, 2.24) is 4.98 Å². The van der Waals surface area contributed by atoms with Crippen molar-refractivity contribution < 1.29 is 0 Å². The Morgan fingerprint density at radius 3 is 2.56 bits per heavy atom. The zero-order valence-corrected chi connectivity index (χ0v) is 11.3. The van der Waals surface area contributed by atoms with Crippen LogP contribution in [0.4, 0.5) is 0 Å². The maximum Gasteiger partial charge on any atom is 0.0422 e. The highest BCUT2D eigenvalue weighted by Gasteiger charge is 2.11. The minimum absolute atomic E-state index is 0.0140. The third-order valence-electron chi connectivity index (χ3n) is 3.45. The molecule has 2 rings (SSSR count). The van der Waals surface area contributed by atoms with E-state index in [1.807, 2.05) is 13.1 Å². The Balaban J connectivity index is 2.19. The number of hydrogen-bond acceptors (Lipinski definition) is 2. The number of aromatic nitrogens is 1. The van der Waals surface area contributed by atoms with Crippen molar-refractivity contribution in [2.24, 2.45) is 5.73 Å². The molecule has 2 nitrogen and oxygen atoms in total. The Bertz CT molecular complexity index is 529. The molecule has 1 aromatic heterocycles. The summed E-state index contributed by atoms with van der Waals surface area (Å²) in [6, 6.07) is 10.5. The number of pyridine rings is 1. The van der Waals surface area contributed by atoms with Crippen LogP contribution >= 0.6 is 0 Å². The van der Waals surface area contributed by atoms with Crippen LogP contribution in [0, 0.1) is 20.8 Å². The van der Waals surface area contributed by atoms with Crippen molar-refractivity contribution in [3.63, 3.8) is 0 Å². The molecule has 0 saturated carbocycles. The van der Waals surface area contributed by atoms with E-state index in [1.54, 1.807) is 0 Å². The van der Waals surface area contributed by atoms with Gasteiger partial charge in [0.05, 0.1) is 0 Å². The van der Waals surface area contributed by atoms with E-state index in [0.29, 0.717) is 0 Å². The predicted molar refractivity (Wildman–Crippen MR) is 75.5 cm³/mol. The smallest absolute Gasteiger partial charge is 0.0422 e. The topological polar surface area (TPSA) is 38.9 Å². The Morgan fingerprint density at radius 2 is 1.89 bits per heavy atom. The molecule has 2 N–H and O–H groups in total. The normalized spacial score (nSPS) is 12.4. The van der Waals surface area contributed by atoms with Gasteiger partial charge in [-0.1, -0.05) is 24.3 Å². The molecule has 0 fully saturated rings. The van der Waals surface area contributed by atoms with Crippen LogP contribution in [0.3, 0.4) is 0 Å². The van der Waals surface area contributed by atoms with Crippen LogP contribution in [-0.4, -0.2) is 4.98 Å². The summed E-state index contributed by atoms with van der Waals surface area (Å²) in [5, 5.41) is 0. The molecular weight excluding hydrogens is 220 g/mol. The first-order valence-corrected chi connectivity index (χ1v) is 6.31. The zero-order valence-electron chi connectivity index (χ0n) is 11.3. The third kappa shape index (κ3) is 2.77. The van der Waals surface area contributed by atoms with Crippen molar-refractivity contribution in [3.05, 3.63) is 64.5 Å². The van der Waals surface area contributed by atoms with Crippen LogP contribution in [0.25, 0.3) is 0 Å². The summed E-state index contributed by atoms with van der Waals surface area (Å²) in [5.74, 6) is 0. The zero-order chi connectivity index (χ0) is 13.1. The largest absolute Gasteiger partial charge is 0.324 e. The van der Waals surface area contributed by atoms with Gasteiger partial charge in [0, 0.05) is 24.4 Å². The lowest BCUT2D eigenvalue weighted by molar-refractivity contribution is 0.700. The first-order chi connectivity index (χ1) is 8.58. The molecule has 0 saturated heterocycles. The molecule has 2 heteroatoms. The van der Waals surface area contributed by atoms with Gasteiger partial charge in [-0.15, -0.1) is 0 Å². The highest BCUT2D eigenvalue weighted by Crippen LogP contribution is 2.21. The van der Waals surface area contributed by atoms with Crippen LogP contribution in [0.15, 0.2) is 36.5 Å². The van der Waals surface area contributed by atoms with Gasteiger partial charge in [0.15, 0.2) is 0 Å². The molecule has 18 heavy (non-hydrogen) atoms. The minimum Gasteiger partial charge on any atom is -0.324 e. The second kappa shape index (κ2) is 5.32. The van der Waals surface area contributed by atoms with E-state index in [2.05, 4.69) is 49.2 Å². The van der Waals surface area contributed by atoms with Gasteiger partial charge in [-0.2, -0.15) is 0 Å². The second-order valence-corrected chi connectivity index (χ2v) is 4.93. The molecule has 94 valence electrons. The summed E-state index contributed by atoms with van der Waals surface area (Å²) < 4.78 is 0. The van der Waals surface area contributed by atoms with E-state index in [0.717, 1.165) is 12.1 Å². The fourth-order valence-electron chi connectivity index (χ4n) is 2.13. The van der Waals surface area contributed by atoms with Crippen molar-refractivity contribution in [1.29, 1.82) is 0 Å². The number of benzene rings is 1. The van der Waals surface area contributed by atoms with Gasteiger partial charge in [-0.3, -0.25) is 4.98 Å². The van der Waals surface area contributed by atoms with E-state index in [1.165, 1.54) is 22.3 Å². The Morgan fingerprint density at radius 1 is 1.11 bits per heavy atom. The first-order valence-electron chi connectivity index (χ1n) is 6.31. The molecule has 0 aliphatic heterocycles. The van der Waals surface area contributed by atoms with Crippen molar-refractivity contribution in [3.8, 4) is 0 Å². The lowest BCUT2D eigenvalue weighted by atomic mass is 9.95. The molecule has 0 bridgehead atoms. The molecule has 0 amide bonds. The summed E-state index contributed by atoms with van der Waals surface area (Å²) in [5.41, 5.74) is 12.3. The fourth-order valence-corrected chi connectivity index (χ4v) is 2.13. The summed E-state index contributed by atoms with van der Waals surface area (Å²) in [6.45, 7) is 6.30. The van der Waals surface area contributed by atoms with Crippen LogP contribution in [0.5, 0.6) is 0 Å². The van der Waals surface area contributed by atoms with Gasteiger partial charge in [-0.25, -0.2) is 0 Å². The van der Waals surface area contributed by atoms with Crippen LogP contribution in [0.2, 0.25) is 0 Å². The van der Waals surface area contributed by atoms with Crippen molar-refractivity contribution in [2.45, 2.75) is 33.2 Å². The Labute approximate surface area is 109 Å². The number of nitrogens with two attached hydrogens (primary N) is 1. The van der Waals surface area contributed by atoms with Gasteiger partial charge in [-0.05, 0) is 49.1 Å². The Hall–Kier alpha value is -1.67. The average molecular weight is 240 g/mol. The highest BCUT2D eigenvalue weighted by molar-refractivity contribution is 5.35. The van der Waals surface area contributed by atoms with Gasteiger partial charge in [0.25, 0.3) is 0 Å². The van der Waals surface area contributed by atoms with E-state index in [-0.39, 0.29) is 6.04 Å². The summed E-state index contributed by atoms with van der Waals surface area (Å²) >= 11 is 0. The van der Waals surface area contributed by atoms with Gasteiger partial charge in [0.1, 0.15) is 0 Å². The molecule has 0 aliphatic carbocycles. The average Bonchev–Trinajstić information content (AvgIpc) is 2.35. The minimum atomic E-state index is 0.0140. The standard InChI is InChI=1S/C16H20N2/c1-11-7-8-14(18-10-11)9-16(17)15-6-4-5-12(2)13(15)3/h4-8,10,16H,9,17H2,1-3H3. The summed E-state index contributed by atoms with van der Waals surface area (Å²) in [6.07, 6.45) is 2.68. The van der Waals surface area contributed by atoms with Crippen LogP contribution in [-0.2, 0) is 6.42 Å². The molecule has 2 aromatic rings. The van der Waals surface area contributed by atoms with Gasteiger partial charge < -0.3 is 5.73 Å². The summed E-state index contributed by atoms with van der Waals surface area (Å²) in [7, 11) is 0. The van der Waals surface area contributed by atoms with E-state index < -0.39 is 0 Å². The molecular formula is C16H20N2. The van der Waals surface area contributed by atoms with E-state index in [9.17, 15) is 0 Å². The third-order valence-corrected chi connectivity index (χ3v) is 3.45. The monoisotopic (exact) mass is 240 g/mol. The lowest BCUT2D eigenvalue weighted by Gasteiger charge is -2.16. The maximum absolute atomic E-state index is 6.29. The molecule has 1 aromatic carbocycles. The van der Waals surface area contributed by atoms with Crippen molar-refractivity contribution in [2.75, 3.05) is 0 Å². The number of nitrogens with zero attached hydrogens (tertiary/aromatic N) is 1. The van der Waals surface area contributed by atoms with Crippen LogP contribution in [0.1, 0.15) is 34.0 Å². The van der Waals surface area contributed by atoms with E-state index >= 15 is 0 Å².